The molecule has 6 nitrogen and oxygen atoms in total. The number of amides is 1. The number of fused-ring (bicyclic) bond motifs is 1. The SMILES string of the molecule is Cl.Cl.O=C(CC1CCNCC1)NCc1nnc2ccccn12. The molecule has 0 unspecified atom stereocenters. The fourth-order valence-electron chi connectivity index (χ4n) is 2.61. The molecule has 1 amide bonds. The minimum absolute atomic E-state index is 0. The highest BCUT2D eigenvalue weighted by molar-refractivity contribution is 5.85. The summed E-state index contributed by atoms with van der Waals surface area (Å²) in [6.07, 6.45) is 4.69. The summed E-state index contributed by atoms with van der Waals surface area (Å²) in [4.78, 5) is 12.0. The van der Waals surface area contributed by atoms with Crippen LogP contribution in [0.4, 0.5) is 0 Å². The molecule has 1 fully saturated rings. The summed E-state index contributed by atoms with van der Waals surface area (Å²) in [6.45, 7) is 2.47. The van der Waals surface area contributed by atoms with E-state index < -0.39 is 0 Å². The van der Waals surface area contributed by atoms with Crippen LogP contribution >= 0.6 is 24.8 Å². The summed E-state index contributed by atoms with van der Waals surface area (Å²) in [5.74, 6) is 1.37. The zero-order chi connectivity index (χ0) is 13.8. The average Bonchev–Trinajstić information content (AvgIpc) is 2.89. The van der Waals surface area contributed by atoms with Crippen molar-refractivity contribution in [3.05, 3.63) is 30.2 Å². The quantitative estimate of drug-likeness (QED) is 0.882. The molecule has 1 aliphatic rings. The maximum absolute atomic E-state index is 12.0. The van der Waals surface area contributed by atoms with Gasteiger partial charge in [-0.25, -0.2) is 0 Å². The van der Waals surface area contributed by atoms with Gasteiger partial charge in [-0.2, -0.15) is 0 Å². The molecule has 0 bridgehead atoms. The third-order valence-electron chi connectivity index (χ3n) is 3.76. The predicted molar refractivity (Wildman–Crippen MR) is 89.5 cm³/mol. The Labute approximate surface area is 141 Å². The van der Waals surface area contributed by atoms with Gasteiger partial charge in [-0.3, -0.25) is 9.20 Å². The van der Waals surface area contributed by atoms with Crippen LogP contribution in [0.15, 0.2) is 24.4 Å². The molecule has 0 spiro atoms. The van der Waals surface area contributed by atoms with Gasteiger partial charge in [0.05, 0.1) is 6.54 Å². The van der Waals surface area contributed by atoms with Crippen molar-refractivity contribution in [2.45, 2.75) is 25.8 Å². The summed E-state index contributed by atoms with van der Waals surface area (Å²) >= 11 is 0. The molecule has 0 saturated carbocycles. The van der Waals surface area contributed by atoms with E-state index in [1.165, 1.54) is 0 Å². The van der Waals surface area contributed by atoms with Gasteiger partial charge in [0.25, 0.3) is 0 Å². The molecule has 0 aromatic carbocycles. The molecule has 8 heteroatoms. The minimum Gasteiger partial charge on any atom is -0.349 e. The Hall–Kier alpha value is -1.37. The lowest BCUT2D eigenvalue weighted by atomic mass is 9.94. The molecule has 2 N–H and O–H groups in total. The van der Waals surface area contributed by atoms with E-state index in [0.29, 0.717) is 18.9 Å². The Kier molecular flexibility index (Phi) is 7.58. The third-order valence-corrected chi connectivity index (χ3v) is 3.76. The number of nitrogens with one attached hydrogen (secondary N) is 2. The molecule has 22 heavy (non-hydrogen) atoms. The van der Waals surface area contributed by atoms with E-state index in [1.807, 2.05) is 28.8 Å². The average molecular weight is 346 g/mol. The molecule has 2 aromatic heterocycles. The smallest absolute Gasteiger partial charge is 0.220 e. The predicted octanol–water partition coefficient (Wildman–Crippen LogP) is 1.58. The summed E-state index contributed by atoms with van der Waals surface area (Å²) in [6, 6.07) is 5.74. The normalized spacial score (nSPS) is 14.9. The molecule has 3 heterocycles. The summed E-state index contributed by atoms with van der Waals surface area (Å²) < 4.78 is 1.89. The van der Waals surface area contributed by atoms with Crippen molar-refractivity contribution >= 4 is 36.4 Å². The van der Waals surface area contributed by atoms with Gasteiger partial charge in [-0.15, -0.1) is 35.0 Å². The zero-order valence-electron chi connectivity index (χ0n) is 12.2. The lowest BCUT2D eigenvalue weighted by Crippen LogP contribution is -2.32. The van der Waals surface area contributed by atoms with Crippen molar-refractivity contribution in [3.8, 4) is 0 Å². The largest absolute Gasteiger partial charge is 0.349 e. The maximum atomic E-state index is 12.0. The molecule has 0 aliphatic carbocycles. The first-order valence-electron chi connectivity index (χ1n) is 7.09. The molecular formula is C14H21Cl2N5O. The molecule has 3 rings (SSSR count). The zero-order valence-corrected chi connectivity index (χ0v) is 13.8. The summed E-state index contributed by atoms with van der Waals surface area (Å²) in [5, 5.41) is 14.4. The van der Waals surface area contributed by atoms with Crippen molar-refractivity contribution in [1.29, 1.82) is 0 Å². The van der Waals surface area contributed by atoms with Gasteiger partial charge in [-0.05, 0) is 44.0 Å². The van der Waals surface area contributed by atoms with Crippen LogP contribution in [0.3, 0.4) is 0 Å². The number of nitrogens with zero attached hydrogens (tertiary/aromatic N) is 3. The van der Waals surface area contributed by atoms with Gasteiger partial charge in [0.15, 0.2) is 11.5 Å². The van der Waals surface area contributed by atoms with Crippen LogP contribution in [0.25, 0.3) is 5.65 Å². The molecule has 1 saturated heterocycles. The van der Waals surface area contributed by atoms with E-state index >= 15 is 0 Å². The number of aromatic nitrogens is 3. The monoisotopic (exact) mass is 345 g/mol. The Morgan fingerprint density at radius 1 is 1.27 bits per heavy atom. The van der Waals surface area contributed by atoms with Gasteiger partial charge in [0.1, 0.15) is 0 Å². The Balaban J connectivity index is 0.00000121. The summed E-state index contributed by atoms with van der Waals surface area (Å²) in [5.41, 5.74) is 0.801. The first-order valence-corrected chi connectivity index (χ1v) is 7.09. The molecule has 0 atom stereocenters. The van der Waals surface area contributed by atoms with Crippen LogP contribution in [0, 0.1) is 5.92 Å². The lowest BCUT2D eigenvalue weighted by Gasteiger charge is -2.21. The van der Waals surface area contributed by atoms with Gasteiger partial charge in [0, 0.05) is 12.6 Å². The van der Waals surface area contributed by atoms with E-state index in [-0.39, 0.29) is 30.7 Å². The minimum atomic E-state index is 0. The lowest BCUT2D eigenvalue weighted by molar-refractivity contribution is -0.122. The molecule has 1 aliphatic heterocycles. The van der Waals surface area contributed by atoms with Crippen LogP contribution in [-0.4, -0.2) is 33.6 Å². The van der Waals surface area contributed by atoms with Gasteiger partial charge < -0.3 is 10.6 Å². The standard InChI is InChI=1S/C14H19N5O.2ClH/c20-14(9-11-4-6-15-7-5-11)16-10-13-18-17-12-3-1-2-8-19(12)13;;/h1-3,8,11,15H,4-7,9-10H2,(H,16,20);2*1H. The fourth-order valence-corrected chi connectivity index (χ4v) is 2.61. The Morgan fingerprint density at radius 3 is 2.82 bits per heavy atom. The van der Waals surface area contributed by atoms with Crippen molar-refractivity contribution in [2.24, 2.45) is 5.92 Å². The number of rotatable bonds is 4. The number of carbonyl (C=O) groups is 1. The second kappa shape index (κ2) is 8.92. The number of pyridine rings is 1. The first kappa shape index (κ1) is 18.7. The number of piperidine rings is 1. The number of carbonyl (C=O) groups excluding carboxylic acids is 1. The second-order valence-electron chi connectivity index (χ2n) is 5.22. The van der Waals surface area contributed by atoms with E-state index in [4.69, 9.17) is 0 Å². The molecule has 122 valence electrons. The summed E-state index contributed by atoms with van der Waals surface area (Å²) in [7, 11) is 0. The Bertz CT molecular complexity index is 598. The fraction of sp³-hybridized carbons (Fsp3) is 0.500. The number of halogens is 2. The van der Waals surface area contributed by atoms with E-state index in [2.05, 4.69) is 20.8 Å². The molecule has 2 aromatic rings. The molecular weight excluding hydrogens is 325 g/mol. The van der Waals surface area contributed by atoms with Crippen LogP contribution in [-0.2, 0) is 11.3 Å². The highest BCUT2D eigenvalue weighted by Gasteiger charge is 2.17. The maximum Gasteiger partial charge on any atom is 0.220 e. The molecule has 0 radical (unpaired) electrons. The highest BCUT2D eigenvalue weighted by Crippen LogP contribution is 2.15. The first-order chi connectivity index (χ1) is 9.83. The third kappa shape index (κ3) is 4.56. The van der Waals surface area contributed by atoms with Crippen molar-refractivity contribution < 1.29 is 4.79 Å². The van der Waals surface area contributed by atoms with Crippen LogP contribution in [0.1, 0.15) is 25.1 Å². The van der Waals surface area contributed by atoms with E-state index in [9.17, 15) is 4.79 Å². The number of hydrogen-bond donors (Lipinski definition) is 2. The van der Waals surface area contributed by atoms with Crippen molar-refractivity contribution in [3.63, 3.8) is 0 Å². The highest BCUT2D eigenvalue weighted by atomic mass is 35.5. The van der Waals surface area contributed by atoms with Crippen molar-refractivity contribution in [1.82, 2.24) is 25.2 Å². The van der Waals surface area contributed by atoms with Gasteiger partial charge in [0.2, 0.25) is 5.91 Å². The van der Waals surface area contributed by atoms with E-state index in [0.717, 1.165) is 37.4 Å². The van der Waals surface area contributed by atoms with Crippen LogP contribution < -0.4 is 10.6 Å². The van der Waals surface area contributed by atoms with Crippen LogP contribution in [0.5, 0.6) is 0 Å². The van der Waals surface area contributed by atoms with Crippen molar-refractivity contribution in [2.75, 3.05) is 13.1 Å². The van der Waals surface area contributed by atoms with Gasteiger partial charge >= 0.3 is 0 Å². The van der Waals surface area contributed by atoms with Crippen LogP contribution in [0.2, 0.25) is 0 Å². The Morgan fingerprint density at radius 2 is 2.05 bits per heavy atom. The second-order valence-corrected chi connectivity index (χ2v) is 5.22. The van der Waals surface area contributed by atoms with Gasteiger partial charge in [-0.1, -0.05) is 6.07 Å². The van der Waals surface area contributed by atoms with E-state index in [1.54, 1.807) is 0 Å². The number of hydrogen-bond acceptors (Lipinski definition) is 4. The topological polar surface area (TPSA) is 71.3 Å².